The SMILES string of the molecule is O=S(=O)(O)C(F)(F)C(F)(F)C(F)(F)C(F)(F)F.c1ccc([S+](c2ccccc2)c2ccc(C3CCCCC3)cc2)cc1. The Hall–Kier alpha value is -2.71. The zero-order valence-corrected chi connectivity index (χ0v) is 23.3. The molecule has 0 saturated heterocycles. The molecule has 1 aliphatic carbocycles. The Bertz CT molecular complexity index is 1350. The van der Waals surface area contributed by atoms with Crippen molar-refractivity contribution in [3.8, 4) is 0 Å². The highest BCUT2D eigenvalue weighted by molar-refractivity contribution is 7.97. The van der Waals surface area contributed by atoms with Gasteiger partial charge < -0.3 is 0 Å². The summed E-state index contributed by atoms with van der Waals surface area (Å²) in [5, 5.41) is -7.00. The van der Waals surface area contributed by atoms with Gasteiger partial charge in [0.25, 0.3) is 0 Å². The molecular weight excluding hydrogens is 619 g/mol. The van der Waals surface area contributed by atoms with Gasteiger partial charge in [-0.15, -0.1) is 0 Å². The van der Waals surface area contributed by atoms with E-state index in [-0.39, 0.29) is 10.9 Å². The van der Waals surface area contributed by atoms with E-state index in [4.69, 9.17) is 4.55 Å². The molecule has 0 radical (unpaired) electrons. The molecule has 3 aromatic rings. The number of hydrogen-bond donors (Lipinski definition) is 1. The Balaban J connectivity index is 0.000000252. The molecule has 1 saturated carbocycles. The Labute approximate surface area is 239 Å². The van der Waals surface area contributed by atoms with Gasteiger partial charge in [-0.1, -0.05) is 67.8 Å². The monoisotopic (exact) mass is 645 g/mol. The zero-order chi connectivity index (χ0) is 31.4. The van der Waals surface area contributed by atoms with E-state index in [1.165, 1.54) is 52.4 Å². The number of rotatable bonds is 7. The van der Waals surface area contributed by atoms with Gasteiger partial charge in [-0.2, -0.15) is 47.9 Å². The van der Waals surface area contributed by atoms with Crippen molar-refractivity contribution in [2.24, 2.45) is 0 Å². The van der Waals surface area contributed by atoms with Gasteiger partial charge >= 0.3 is 33.4 Å². The Morgan fingerprint density at radius 1 is 0.595 bits per heavy atom. The van der Waals surface area contributed by atoms with Crippen LogP contribution < -0.4 is 0 Å². The molecule has 3 aromatic carbocycles. The summed E-state index contributed by atoms with van der Waals surface area (Å²) in [7, 11) is -7.19. The van der Waals surface area contributed by atoms with Crippen molar-refractivity contribution in [2.75, 3.05) is 0 Å². The van der Waals surface area contributed by atoms with Crippen LogP contribution in [0, 0.1) is 0 Å². The van der Waals surface area contributed by atoms with Crippen LogP contribution in [0.25, 0.3) is 0 Å². The molecule has 1 aliphatic rings. The van der Waals surface area contributed by atoms with Crippen LogP contribution in [0.2, 0.25) is 0 Å². The normalized spacial score (nSPS) is 15.7. The average molecular weight is 646 g/mol. The first-order chi connectivity index (χ1) is 19.4. The lowest BCUT2D eigenvalue weighted by molar-refractivity contribution is -0.382. The van der Waals surface area contributed by atoms with Crippen LogP contribution in [0.3, 0.4) is 0 Å². The molecule has 14 heteroatoms. The van der Waals surface area contributed by atoms with Crippen molar-refractivity contribution >= 4 is 21.0 Å². The lowest BCUT2D eigenvalue weighted by atomic mass is 9.84. The van der Waals surface area contributed by atoms with Crippen molar-refractivity contribution < 1.29 is 52.5 Å². The summed E-state index contributed by atoms with van der Waals surface area (Å²) in [4.78, 5) is 4.19. The third kappa shape index (κ3) is 7.08. The highest BCUT2D eigenvalue weighted by atomic mass is 32.2. The predicted molar refractivity (Wildman–Crippen MR) is 140 cm³/mol. The first kappa shape index (κ1) is 33.8. The third-order valence-corrected chi connectivity index (χ3v) is 9.73. The average Bonchev–Trinajstić information content (AvgIpc) is 2.94. The molecule has 0 unspecified atom stereocenters. The molecule has 0 aromatic heterocycles. The topological polar surface area (TPSA) is 54.4 Å². The number of halogens is 9. The summed E-state index contributed by atoms with van der Waals surface area (Å²) in [5.41, 5.74) is 1.54. The van der Waals surface area contributed by atoms with Gasteiger partial charge in [0.15, 0.2) is 14.7 Å². The summed E-state index contributed by atoms with van der Waals surface area (Å²) in [5.74, 6) is -13.9. The molecule has 0 aliphatic heterocycles. The lowest BCUT2D eigenvalue weighted by Crippen LogP contribution is -2.63. The Kier molecular flexibility index (Phi) is 10.4. The predicted octanol–water partition coefficient (Wildman–Crippen LogP) is 9.13. The van der Waals surface area contributed by atoms with Crippen LogP contribution in [0.1, 0.15) is 43.6 Å². The highest BCUT2D eigenvalue weighted by Gasteiger charge is 2.85. The van der Waals surface area contributed by atoms with Crippen LogP contribution in [-0.4, -0.2) is 36.2 Å². The van der Waals surface area contributed by atoms with E-state index in [0.29, 0.717) is 0 Å². The number of alkyl halides is 9. The molecule has 230 valence electrons. The van der Waals surface area contributed by atoms with E-state index < -0.39 is 33.4 Å². The van der Waals surface area contributed by atoms with Crippen molar-refractivity contribution in [3.05, 3.63) is 90.5 Å². The number of hydrogen-bond acceptors (Lipinski definition) is 2. The molecule has 0 bridgehead atoms. The molecule has 0 spiro atoms. The summed E-state index contributed by atoms with van der Waals surface area (Å²) < 4.78 is 134. The van der Waals surface area contributed by atoms with Gasteiger partial charge in [0.2, 0.25) is 0 Å². The van der Waals surface area contributed by atoms with E-state index >= 15 is 0 Å². The summed E-state index contributed by atoms with van der Waals surface area (Å²) in [6.07, 6.45) is -0.203. The molecule has 0 atom stereocenters. The van der Waals surface area contributed by atoms with Gasteiger partial charge in [-0.25, -0.2) is 0 Å². The maximum Gasteiger partial charge on any atom is 0.460 e. The Morgan fingerprint density at radius 2 is 1.00 bits per heavy atom. The van der Waals surface area contributed by atoms with Gasteiger partial charge in [0.05, 0.1) is 10.9 Å². The molecule has 0 heterocycles. The number of benzene rings is 3. The molecule has 42 heavy (non-hydrogen) atoms. The Morgan fingerprint density at radius 3 is 1.38 bits per heavy atom. The van der Waals surface area contributed by atoms with Crippen LogP contribution >= 0.6 is 0 Å². The van der Waals surface area contributed by atoms with E-state index in [2.05, 4.69) is 84.9 Å². The van der Waals surface area contributed by atoms with E-state index in [0.717, 1.165) is 5.92 Å². The minimum atomic E-state index is -7.37. The standard InChI is InChI=1S/C24H25S.C4HF9O3S/c1-4-10-20(11-5-1)21-16-18-24(19-17-21)25(22-12-6-2-7-13-22)23-14-8-3-9-15-23;5-1(6,3(9,10)11)2(7,8)4(12,13)17(14,15)16/h2-3,6-9,12-20H,1,4-5,10-11H2;(H,14,15,16)/q+1;. The van der Waals surface area contributed by atoms with E-state index in [1.54, 1.807) is 0 Å². The van der Waals surface area contributed by atoms with Crippen molar-refractivity contribution in [1.29, 1.82) is 0 Å². The summed E-state index contributed by atoms with van der Waals surface area (Å²) in [6.45, 7) is 0. The van der Waals surface area contributed by atoms with Crippen LogP contribution in [0.5, 0.6) is 0 Å². The fraction of sp³-hybridized carbons (Fsp3) is 0.357. The highest BCUT2D eigenvalue weighted by Crippen LogP contribution is 2.54. The second-order valence-electron chi connectivity index (χ2n) is 9.47. The largest absolute Gasteiger partial charge is 0.460 e. The molecule has 0 amide bonds. The van der Waals surface area contributed by atoms with Gasteiger partial charge in [0, 0.05) is 0 Å². The minimum absolute atomic E-state index is 0.0278. The molecule has 1 N–H and O–H groups in total. The molecule has 1 fully saturated rings. The summed E-state index contributed by atoms with van der Waals surface area (Å²) in [6, 6.07) is 31.3. The maximum absolute atomic E-state index is 12.2. The smallest absolute Gasteiger partial charge is 0.281 e. The second kappa shape index (κ2) is 12.9. The first-order valence-corrected chi connectivity index (χ1v) is 15.2. The quantitative estimate of drug-likeness (QED) is 0.158. The minimum Gasteiger partial charge on any atom is -0.281 e. The fourth-order valence-electron chi connectivity index (χ4n) is 4.36. The zero-order valence-electron chi connectivity index (χ0n) is 21.7. The van der Waals surface area contributed by atoms with E-state index in [9.17, 15) is 47.9 Å². The van der Waals surface area contributed by atoms with E-state index in [1.807, 2.05) is 0 Å². The van der Waals surface area contributed by atoms with Gasteiger partial charge in [-0.05, 0) is 60.7 Å². The lowest BCUT2D eigenvalue weighted by Gasteiger charge is -2.31. The summed E-state index contributed by atoms with van der Waals surface area (Å²) >= 11 is 0. The third-order valence-electron chi connectivity index (χ3n) is 6.59. The molecule has 3 nitrogen and oxygen atoms in total. The van der Waals surface area contributed by atoms with Crippen molar-refractivity contribution in [3.63, 3.8) is 0 Å². The van der Waals surface area contributed by atoms with Crippen LogP contribution in [0.15, 0.2) is 99.6 Å². The molecular formula is C28H26F9O3S2+. The fourth-order valence-corrected chi connectivity index (χ4v) is 6.89. The van der Waals surface area contributed by atoms with Gasteiger partial charge in [0.1, 0.15) is 0 Å². The van der Waals surface area contributed by atoms with Crippen molar-refractivity contribution in [1.82, 2.24) is 0 Å². The maximum atomic E-state index is 12.2. The first-order valence-electron chi connectivity index (χ1n) is 12.5. The van der Waals surface area contributed by atoms with Crippen LogP contribution in [-0.2, 0) is 21.0 Å². The van der Waals surface area contributed by atoms with Crippen LogP contribution in [0.4, 0.5) is 39.5 Å². The second-order valence-corrected chi connectivity index (χ2v) is 13.0. The molecule has 4 rings (SSSR count). The van der Waals surface area contributed by atoms with Crippen molar-refractivity contribution in [2.45, 2.75) is 76.0 Å². The van der Waals surface area contributed by atoms with Gasteiger partial charge in [-0.3, -0.25) is 4.55 Å².